The van der Waals surface area contributed by atoms with E-state index in [1.165, 1.54) is 0 Å². The van der Waals surface area contributed by atoms with E-state index in [2.05, 4.69) is 10.1 Å². The van der Waals surface area contributed by atoms with Gasteiger partial charge in [-0.05, 0) is 38.5 Å². The average Bonchev–Trinajstić information content (AvgIpc) is 2.97. The van der Waals surface area contributed by atoms with Gasteiger partial charge in [0, 0.05) is 23.6 Å². The van der Waals surface area contributed by atoms with Crippen LogP contribution in [0.25, 0.3) is 0 Å². The summed E-state index contributed by atoms with van der Waals surface area (Å²) in [4.78, 5) is 19.1. The van der Waals surface area contributed by atoms with E-state index in [1.54, 1.807) is 46.6 Å². The second-order valence-corrected chi connectivity index (χ2v) is 8.90. The molecule has 1 fully saturated rings. The number of halogens is 2. The summed E-state index contributed by atoms with van der Waals surface area (Å²) >= 11 is 15.2. The standard InChI is InChI=1S/C18H19Cl2N3O2S2/c1-11-14(12(2)25-22-11)9-26-10-17(24)23-6-3-7-27-18(23)21-13-4-5-15(19)16(20)8-13/h4-5,8H,3,6-7,9-10H2,1-2H3. The number of nitrogens with zero attached hydrogens (tertiary/aromatic N) is 3. The van der Waals surface area contributed by atoms with Crippen LogP contribution in [-0.4, -0.2) is 39.2 Å². The minimum atomic E-state index is 0.0535. The first-order valence-electron chi connectivity index (χ1n) is 8.42. The Balaban J connectivity index is 1.66. The molecule has 1 aromatic carbocycles. The van der Waals surface area contributed by atoms with Gasteiger partial charge in [-0.15, -0.1) is 11.8 Å². The van der Waals surface area contributed by atoms with Gasteiger partial charge in [-0.1, -0.05) is 40.1 Å². The number of hydrogen-bond acceptors (Lipinski definition) is 6. The van der Waals surface area contributed by atoms with E-state index in [1.807, 2.05) is 13.8 Å². The molecule has 1 aliphatic rings. The average molecular weight is 444 g/mol. The molecule has 1 amide bonds. The predicted molar refractivity (Wildman–Crippen MR) is 114 cm³/mol. The van der Waals surface area contributed by atoms with Crippen LogP contribution in [0.3, 0.4) is 0 Å². The molecule has 5 nitrogen and oxygen atoms in total. The van der Waals surface area contributed by atoms with E-state index >= 15 is 0 Å². The molecule has 1 aliphatic heterocycles. The monoisotopic (exact) mass is 443 g/mol. The first kappa shape index (κ1) is 20.6. The van der Waals surface area contributed by atoms with Crippen molar-refractivity contribution < 1.29 is 9.32 Å². The van der Waals surface area contributed by atoms with Crippen molar-refractivity contribution >= 4 is 63.5 Å². The van der Waals surface area contributed by atoms with Gasteiger partial charge < -0.3 is 4.52 Å². The minimum absolute atomic E-state index is 0.0535. The van der Waals surface area contributed by atoms with E-state index in [0.717, 1.165) is 29.2 Å². The first-order valence-corrected chi connectivity index (χ1v) is 11.3. The van der Waals surface area contributed by atoms with Crippen LogP contribution >= 0.6 is 46.7 Å². The van der Waals surface area contributed by atoms with Gasteiger partial charge >= 0.3 is 0 Å². The summed E-state index contributed by atoms with van der Waals surface area (Å²) in [5, 5.41) is 5.60. The lowest BCUT2D eigenvalue weighted by Crippen LogP contribution is -2.40. The summed E-state index contributed by atoms with van der Waals surface area (Å²) < 4.78 is 5.17. The van der Waals surface area contributed by atoms with E-state index < -0.39 is 0 Å². The van der Waals surface area contributed by atoms with Crippen LogP contribution in [0.2, 0.25) is 10.0 Å². The summed E-state index contributed by atoms with van der Waals surface area (Å²) in [5.74, 6) is 2.88. The number of amidine groups is 1. The van der Waals surface area contributed by atoms with Gasteiger partial charge in [0.1, 0.15) is 5.76 Å². The fraction of sp³-hybridized carbons (Fsp3) is 0.389. The molecule has 1 saturated heterocycles. The molecule has 144 valence electrons. The van der Waals surface area contributed by atoms with Gasteiger partial charge in [0.05, 0.1) is 27.2 Å². The fourth-order valence-corrected chi connectivity index (χ4v) is 4.89. The third kappa shape index (κ3) is 5.22. The zero-order chi connectivity index (χ0) is 19.4. The van der Waals surface area contributed by atoms with Crippen molar-refractivity contribution in [3.63, 3.8) is 0 Å². The number of amides is 1. The molecule has 0 spiro atoms. The van der Waals surface area contributed by atoms with Crippen molar-refractivity contribution in [1.29, 1.82) is 0 Å². The highest BCUT2D eigenvalue weighted by molar-refractivity contribution is 8.13. The molecule has 1 aromatic heterocycles. The molecule has 3 rings (SSSR count). The van der Waals surface area contributed by atoms with Gasteiger partial charge in [-0.2, -0.15) is 0 Å². The third-order valence-corrected chi connectivity index (χ3v) is 6.82. The van der Waals surface area contributed by atoms with Crippen molar-refractivity contribution in [1.82, 2.24) is 10.1 Å². The largest absolute Gasteiger partial charge is 0.361 e. The fourth-order valence-electron chi connectivity index (χ4n) is 2.57. The molecule has 0 unspecified atom stereocenters. The quantitative estimate of drug-likeness (QED) is 0.611. The van der Waals surface area contributed by atoms with Crippen LogP contribution < -0.4 is 0 Å². The van der Waals surface area contributed by atoms with Crippen LogP contribution in [-0.2, 0) is 10.5 Å². The lowest BCUT2D eigenvalue weighted by Gasteiger charge is -2.27. The number of aromatic nitrogens is 1. The Morgan fingerprint density at radius 2 is 2.19 bits per heavy atom. The zero-order valence-electron chi connectivity index (χ0n) is 15.0. The maximum absolute atomic E-state index is 12.7. The van der Waals surface area contributed by atoms with Gasteiger partial charge in [0.15, 0.2) is 5.17 Å². The summed E-state index contributed by atoms with van der Waals surface area (Å²) in [6.07, 6.45) is 0.950. The lowest BCUT2D eigenvalue weighted by atomic mass is 10.2. The van der Waals surface area contributed by atoms with Crippen LogP contribution in [0.4, 0.5) is 5.69 Å². The highest BCUT2D eigenvalue weighted by Gasteiger charge is 2.24. The summed E-state index contributed by atoms with van der Waals surface area (Å²) in [7, 11) is 0. The Bertz CT molecular complexity index is 851. The molecule has 0 radical (unpaired) electrons. The minimum Gasteiger partial charge on any atom is -0.361 e. The molecule has 0 aliphatic carbocycles. The second kappa shape index (κ2) is 9.37. The molecule has 2 aromatic rings. The third-order valence-electron chi connectivity index (χ3n) is 4.07. The van der Waals surface area contributed by atoms with Crippen molar-refractivity contribution in [2.24, 2.45) is 4.99 Å². The van der Waals surface area contributed by atoms with Gasteiger partial charge in [-0.3, -0.25) is 9.69 Å². The SMILES string of the molecule is Cc1noc(C)c1CSCC(=O)N1CCCSC1=Nc1ccc(Cl)c(Cl)c1. The number of carbonyl (C=O) groups is 1. The molecule has 0 bridgehead atoms. The Labute approximate surface area is 176 Å². The van der Waals surface area contributed by atoms with Gasteiger partial charge in [0.2, 0.25) is 5.91 Å². The predicted octanol–water partition coefficient (Wildman–Crippen LogP) is 5.48. The Kier molecular flexibility index (Phi) is 7.14. The molecule has 0 saturated carbocycles. The maximum atomic E-state index is 12.7. The normalized spacial score (nSPS) is 16.1. The summed E-state index contributed by atoms with van der Waals surface area (Å²) in [6.45, 7) is 4.48. The summed E-state index contributed by atoms with van der Waals surface area (Å²) in [6, 6.07) is 5.22. The molecule has 0 atom stereocenters. The molecule has 0 N–H and O–H groups in total. The molecule has 2 heterocycles. The van der Waals surface area contributed by atoms with E-state index in [0.29, 0.717) is 39.0 Å². The Morgan fingerprint density at radius 3 is 2.89 bits per heavy atom. The van der Waals surface area contributed by atoms with Crippen molar-refractivity contribution in [3.8, 4) is 0 Å². The van der Waals surface area contributed by atoms with Gasteiger partial charge in [-0.25, -0.2) is 4.99 Å². The number of aliphatic imine (C=N–C) groups is 1. The van der Waals surface area contributed by atoms with Crippen molar-refractivity contribution in [3.05, 3.63) is 45.3 Å². The van der Waals surface area contributed by atoms with E-state index in [-0.39, 0.29) is 5.91 Å². The number of hydrogen-bond donors (Lipinski definition) is 0. The Morgan fingerprint density at radius 1 is 1.37 bits per heavy atom. The molecular weight excluding hydrogens is 425 g/mol. The number of benzene rings is 1. The van der Waals surface area contributed by atoms with Crippen LogP contribution in [0.5, 0.6) is 0 Å². The van der Waals surface area contributed by atoms with Crippen LogP contribution in [0.1, 0.15) is 23.4 Å². The van der Waals surface area contributed by atoms with Crippen molar-refractivity contribution in [2.45, 2.75) is 26.0 Å². The highest BCUT2D eigenvalue weighted by atomic mass is 35.5. The van der Waals surface area contributed by atoms with Crippen LogP contribution in [0.15, 0.2) is 27.7 Å². The number of carbonyl (C=O) groups excluding carboxylic acids is 1. The molecule has 27 heavy (non-hydrogen) atoms. The summed E-state index contributed by atoms with van der Waals surface area (Å²) in [5.41, 5.74) is 2.63. The zero-order valence-corrected chi connectivity index (χ0v) is 18.1. The first-order chi connectivity index (χ1) is 13.0. The van der Waals surface area contributed by atoms with Crippen molar-refractivity contribution in [2.75, 3.05) is 18.1 Å². The van der Waals surface area contributed by atoms with Gasteiger partial charge in [0.25, 0.3) is 0 Å². The smallest absolute Gasteiger partial charge is 0.238 e. The highest BCUT2D eigenvalue weighted by Crippen LogP contribution is 2.29. The molecular formula is C18H19Cl2N3O2S2. The lowest BCUT2D eigenvalue weighted by molar-refractivity contribution is -0.124. The number of aryl methyl sites for hydroxylation is 2. The maximum Gasteiger partial charge on any atom is 0.238 e. The number of thioether (sulfide) groups is 2. The Hall–Kier alpha value is -1.15. The van der Waals surface area contributed by atoms with E-state index in [4.69, 9.17) is 27.7 Å². The topological polar surface area (TPSA) is 58.7 Å². The second-order valence-electron chi connectivity index (χ2n) is 6.04. The molecule has 9 heteroatoms. The van der Waals surface area contributed by atoms with E-state index in [9.17, 15) is 4.79 Å². The number of rotatable bonds is 5. The van der Waals surface area contributed by atoms with Crippen LogP contribution in [0, 0.1) is 13.8 Å².